The van der Waals surface area contributed by atoms with Crippen molar-refractivity contribution in [1.29, 1.82) is 0 Å². The number of nitrogens with one attached hydrogen (secondary N) is 2. The predicted molar refractivity (Wildman–Crippen MR) is 66.7 cm³/mol. The Balaban J connectivity index is 1.66. The molecule has 0 radical (unpaired) electrons. The lowest BCUT2D eigenvalue weighted by Gasteiger charge is -2.04. The van der Waals surface area contributed by atoms with Crippen LogP contribution in [0.2, 0.25) is 0 Å². The normalized spacial score (nSPS) is 10.4. The molecular weight excluding hydrogens is 260 g/mol. The van der Waals surface area contributed by atoms with Crippen LogP contribution in [0.25, 0.3) is 5.69 Å². The Hall–Kier alpha value is -3.10. The fourth-order valence-electron chi connectivity index (χ4n) is 1.63. The van der Waals surface area contributed by atoms with Crippen molar-refractivity contribution in [2.75, 3.05) is 0 Å². The average Bonchev–Trinajstić information content (AvgIpc) is 3.18. The van der Waals surface area contributed by atoms with E-state index >= 15 is 0 Å². The van der Waals surface area contributed by atoms with Crippen LogP contribution in [-0.4, -0.2) is 41.3 Å². The van der Waals surface area contributed by atoms with E-state index in [0.29, 0.717) is 17.9 Å². The lowest BCUT2D eigenvalue weighted by Crippen LogP contribution is -2.23. The summed E-state index contributed by atoms with van der Waals surface area (Å²) in [6.07, 6.45) is 2.88. The third kappa shape index (κ3) is 2.51. The zero-order valence-corrected chi connectivity index (χ0v) is 10.3. The highest BCUT2D eigenvalue weighted by Crippen LogP contribution is 2.07. The van der Waals surface area contributed by atoms with Gasteiger partial charge in [-0.15, -0.1) is 5.10 Å². The smallest absolute Gasteiger partial charge is 0.251 e. The number of tetrazole rings is 1. The number of aromatic amines is 1. The van der Waals surface area contributed by atoms with Crippen LogP contribution in [0, 0.1) is 0 Å². The van der Waals surface area contributed by atoms with Gasteiger partial charge in [-0.2, -0.15) is 5.10 Å². The summed E-state index contributed by atoms with van der Waals surface area (Å²) in [4.78, 5) is 15.8. The van der Waals surface area contributed by atoms with Gasteiger partial charge in [0, 0.05) is 5.56 Å². The quantitative estimate of drug-likeness (QED) is 0.673. The van der Waals surface area contributed by atoms with Crippen molar-refractivity contribution >= 4 is 5.91 Å². The molecule has 0 bridgehead atoms. The molecule has 2 N–H and O–H groups in total. The monoisotopic (exact) mass is 270 g/mol. The van der Waals surface area contributed by atoms with Gasteiger partial charge in [0.25, 0.3) is 5.91 Å². The molecule has 0 spiro atoms. The highest BCUT2D eigenvalue weighted by atomic mass is 16.1. The van der Waals surface area contributed by atoms with Crippen molar-refractivity contribution in [3.63, 3.8) is 0 Å². The van der Waals surface area contributed by atoms with E-state index in [4.69, 9.17) is 0 Å². The maximum atomic E-state index is 11.9. The molecule has 0 saturated heterocycles. The summed E-state index contributed by atoms with van der Waals surface area (Å²) in [5, 5.41) is 20.0. The number of aromatic nitrogens is 7. The maximum absolute atomic E-state index is 11.9. The van der Waals surface area contributed by atoms with Crippen LogP contribution in [0.5, 0.6) is 0 Å². The third-order valence-corrected chi connectivity index (χ3v) is 2.62. The van der Waals surface area contributed by atoms with Gasteiger partial charge in [0.15, 0.2) is 0 Å². The van der Waals surface area contributed by atoms with E-state index in [1.165, 1.54) is 17.3 Å². The number of hydrogen-bond donors (Lipinski definition) is 2. The lowest BCUT2D eigenvalue weighted by atomic mass is 10.2. The van der Waals surface area contributed by atoms with Gasteiger partial charge in [-0.25, -0.2) is 9.67 Å². The lowest BCUT2D eigenvalue weighted by molar-refractivity contribution is 0.0950. The van der Waals surface area contributed by atoms with Crippen molar-refractivity contribution in [3.8, 4) is 5.69 Å². The maximum Gasteiger partial charge on any atom is 0.251 e. The van der Waals surface area contributed by atoms with E-state index in [1.54, 1.807) is 24.3 Å². The molecule has 0 fully saturated rings. The second-order valence-corrected chi connectivity index (χ2v) is 3.92. The SMILES string of the molecule is O=C(NCc1ncn[nH]1)c1ccc(-n2cnnn2)cc1. The van der Waals surface area contributed by atoms with Crippen LogP contribution < -0.4 is 5.32 Å². The van der Waals surface area contributed by atoms with Crippen molar-refractivity contribution in [2.24, 2.45) is 0 Å². The van der Waals surface area contributed by atoms with E-state index in [-0.39, 0.29) is 5.91 Å². The first kappa shape index (κ1) is 12.0. The van der Waals surface area contributed by atoms with Crippen LogP contribution in [0.1, 0.15) is 16.2 Å². The van der Waals surface area contributed by atoms with E-state index in [0.717, 1.165) is 5.69 Å². The van der Waals surface area contributed by atoms with Crippen LogP contribution in [0.3, 0.4) is 0 Å². The number of rotatable bonds is 4. The van der Waals surface area contributed by atoms with Gasteiger partial charge in [0.2, 0.25) is 0 Å². The molecule has 2 aromatic heterocycles. The van der Waals surface area contributed by atoms with Crippen LogP contribution in [0.4, 0.5) is 0 Å². The number of H-pyrrole nitrogens is 1. The summed E-state index contributed by atoms with van der Waals surface area (Å²) in [6.45, 7) is 0.299. The summed E-state index contributed by atoms with van der Waals surface area (Å²) in [6, 6.07) is 6.93. The summed E-state index contributed by atoms with van der Waals surface area (Å²) in [5.41, 5.74) is 1.32. The molecule has 1 aromatic carbocycles. The van der Waals surface area contributed by atoms with Crippen molar-refractivity contribution in [3.05, 3.63) is 48.3 Å². The number of hydrogen-bond acceptors (Lipinski definition) is 6. The number of amides is 1. The molecular formula is C11H10N8O. The molecule has 20 heavy (non-hydrogen) atoms. The first-order chi connectivity index (χ1) is 9.83. The summed E-state index contributed by atoms with van der Waals surface area (Å²) in [5.74, 6) is 0.410. The molecule has 9 nitrogen and oxygen atoms in total. The zero-order valence-electron chi connectivity index (χ0n) is 10.3. The molecule has 0 saturated carbocycles. The highest BCUT2D eigenvalue weighted by molar-refractivity contribution is 5.94. The van der Waals surface area contributed by atoms with Gasteiger partial charge in [-0.05, 0) is 34.7 Å². The van der Waals surface area contributed by atoms with Crippen LogP contribution in [0.15, 0.2) is 36.9 Å². The summed E-state index contributed by atoms with van der Waals surface area (Å²) < 4.78 is 1.51. The Kier molecular flexibility index (Phi) is 3.15. The minimum Gasteiger partial charge on any atom is -0.345 e. The Morgan fingerprint density at radius 2 is 2.15 bits per heavy atom. The van der Waals surface area contributed by atoms with E-state index < -0.39 is 0 Å². The van der Waals surface area contributed by atoms with E-state index in [1.807, 2.05) is 0 Å². The molecule has 0 aliphatic rings. The first-order valence-corrected chi connectivity index (χ1v) is 5.79. The Morgan fingerprint density at radius 3 is 2.80 bits per heavy atom. The number of carbonyl (C=O) groups excluding carboxylic acids is 1. The van der Waals surface area contributed by atoms with Gasteiger partial charge in [-0.3, -0.25) is 9.89 Å². The minimum absolute atomic E-state index is 0.190. The third-order valence-electron chi connectivity index (χ3n) is 2.62. The molecule has 3 aromatic rings. The molecule has 0 atom stereocenters. The van der Waals surface area contributed by atoms with E-state index in [9.17, 15) is 4.79 Å². The van der Waals surface area contributed by atoms with Crippen molar-refractivity contribution in [1.82, 2.24) is 40.7 Å². The standard InChI is InChI=1S/C11H10N8O/c20-11(12-5-10-13-6-14-16-10)8-1-3-9(4-2-8)19-7-15-17-18-19/h1-4,6-7H,5H2,(H,12,20)(H,13,14,16). The molecule has 1 amide bonds. The van der Waals surface area contributed by atoms with Gasteiger partial charge >= 0.3 is 0 Å². The van der Waals surface area contributed by atoms with Gasteiger partial charge in [0.1, 0.15) is 18.5 Å². The largest absolute Gasteiger partial charge is 0.345 e. The van der Waals surface area contributed by atoms with Crippen molar-refractivity contribution in [2.45, 2.75) is 6.54 Å². The molecule has 3 rings (SSSR count). The topological polar surface area (TPSA) is 114 Å². The van der Waals surface area contributed by atoms with Crippen LogP contribution in [-0.2, 0) is 6.54 Å². The number of nitrogens with zero attached hydrogens (tertiary/aromatic N) is 6. The van der Waals surface area contributed by atoms with Crippen molar-refractivity contribution < 1.29 is 4.79 Å². The van der Waals surface area contributed by atoms with Gasteiger partial charge < -0.3 is 5.32 Å². The first-order valence-electron chi connectivity index (χ1n) is 5.79. The molecule has 100 valence electrons. The Bertz CT molecular complexity index is 674. The molecule has 2 heterocycles. The fraction of sp³-hybridized carbons (Fsp3) is 0.0909. The highest BCUT2D eigenvalue weighted by Gasteiger charge is 2.06. The fourth-order valence-corrected chi connectivity index (χ4v) is 1.63. The number of benzene rings is 1. The Morgan fingerprint density at radius 1 is 1.30 bits per heavy atom. The molecule has 0 unspecified atom stereocenters. The minimum atomic E-state index is -0.190. The number of carbonyl (C=O) groups is 1. The second-order valence-electron chi connectivity index (χ2n) is 3.92. The molecule has 0 aliphatic heterocycles. The molecule has 9 heteroatoms. The van der Waals surface area contributed by atoms with E-state index in [2.05, 4.69) is 36.0 Å². The van der Waals surface area contributed by atoms with Crippen LogP contribution >= 0.6 is 0 Å². The average molecular weight is 270 g/mol. The predicted octanol–water partition coefficient (Wildman–Crippen LogP) is -0.290. The summed E-state index contributed by atoms with van der Waals surface area (Å²) in [7, 11) is 0. The zero-order chi connectivity index (χ0) is 13.8. The van der Waals surface area contributed by atoms with Gasteiger partial charge in [0.05, 0.1) is 12.2 Å². The second kappa shape index (κ2) is 5.26. The Labute approximate surface area is 113 Å². The summed E-state index contributed by atoms with van der Waals surface area (Å²) >= 11 is 0. The molecule has 0 aliphatic carbocycles. The van der Waals surface area contributed by atoms with Gasteiger partial charge in [-0.1, -0.05) is 0 Å².